The lowest BCUT2D eigenvalue weighted by Gasteiger charge is -2.22. The zero-order valence-electron chi connectivity index (χ0n) is 13.6. The Kier molecular flexibility index (Phi) is 5.31. The maximum Gasteiger partial charge on any atom is 0.338 e. The number of carbonyl (C=O) groups is 2. The molecular weight excluding hydrogens is 304 g/mol. The molecule has 1 amide bonds. The molecule has 126 valence electrons. The van der Waals surface area contributed by atoms with Crippen LogP contribution in [0.25, 0.3) is 5.69 Å². The van der Waals surface area contributed by atoms with E-state index in [2.05, 4.69) is 5.32 Å². The van der Waals surface area contributed by atoms with E-state index in [-0.39, 0.29) is 18.6 Å². The van der Waals surface area contributed by atoms with Gasteiger partial charge in [0.1, 0.15) is 0 Å². The van der Waals surface area contributed by atoms with Crippen molar-refractivity contribution in [2.45, 2.75) is 38.1 Å². The van der Waals surface area contributed by atoms with E-state index in [0.29, 0.717) is 5.56 Å². The summed E-state index contributed by atoms with van der Waals surface area (Å²) in [4.78, 5) is 24.1. The summed E-state index contributed by atoms with van der Waals surface area (Å²) >= 11 is 0. The Morgan fingerprint density at radius 2 is 1.83 bits per heavy atom. The van der Waals surface area contributed by atoms with Gasteiger partial charge in [0, 0.05) is 24.1 Å². The van der Waals surface area contributed by atoms with Crippen molar-refractivity contribution >= 4 is 11.9 Å². The quantitative estimate of drug-likeness (QED) is 0.859. The Morgan fingerprint density at radius 1 is 1.08 bits per heavy atom. The third kappa shape index (κ3) is 4.25. The molecule has 1 fully saturated rings. The fourth-order valence-corrected chi connectivity index (χ4v) is 3.03. The average Bonchev–Trinajstić information content (AvgIpc) is 3.15. The third-order valence-electron chi connectivity index (χ3n) is 4.29. The van der Waals surface area contributed by atoms with Gasteiger partial charge in [0.15, 0.2) is 6.61 Å². The summed E-state index contributed by atoms with van der Waals surface area (Å²) in [6.07, 6.45) is 9.37. The van der Waals surface area contributed by atoms with E-state index in [1.165, 1.54) is 6.42 Å². The van der Waals surface area contributed by atoms with Gasteiger partial charge < -0.3 is 14.6 Å². The van der Waals surface area contributed by atoms with Crippen molar-refractivity contribution in [3.8, 4) is 5.69 Å². The second-order valence-corrected chi connectivity index (χ2v) is 6.12. The van der Waals surface area contributed by atoms with Crippen molar-refractivity contribution in [3.05, 3.63) is 54.4 Å². The molecule has 1 aliphatic carbocycles. The summed E-state index contributed by atoms with van der Waals surface area (Å²) in [6.45, 7) is -0.233. The number of nitrogens with zero attached hydrogens (tertiary/aromatic N) is 1. The predicted octanol–water partition coefficient (Wildman–Crippen LogP) is 3.08. The van der Waals surface area contributed by atoms with Gasteiger partial charge in [-0.15, -0.1) is 0 Å². The molecule has 1 N–H and O–H groups in total. The van der Waals surface area contributed by atoms with Crippen LogP contribution in [0, 0.1) is 0 Å². The van der Waals surface area contributed by atoms with Crippen LogP contribution in [0.5, 0.6) is 0 Å². The molecule has 5 heteroatoms. The van der Waals surface area contributed by atoms with Crippen molar-refractivity contribution in [2.24, 2.45) is 0 Å². The van der Waals surface area contributed by atoms with E-state index < -0.39 is 5.97 Å². The van der Waals surface area contributed by atoms with Gasteiger partial charge in [0.05, 0.1) is 5.56 Å². The highest BCUT2D eigenvalue weighted by atomic mass is 16.5. The first kappa shape index (κ1) is 16.3. The molecule has 0 unspecified atom stereocenters. The maximum absolute atomic E-state index is 12.2. The zero-order valence-corrected chi connectivity index (χ0v) is 13.6. The fraction of sp³-hybridized carbons (Fsp3) is 0.368. The van der Waals surface area contributed by atoms with E-state index in [0.717, 1.165) is 31.4 Å². The lowest BCUT2D eigenvalue weighted by atomic mass is 9.95. The van der Waals surface area contributed by atoms with E-state index in [4.69, 9.17) is 4.74 Å². The van der Waals surface area contributed by atoms with E-state index >= 15 is 0 Å². The van der Waals surface area contributed by atoms with Gasteiger partial charge in [-0.05, 0) is 43.2 Å². The molecule has 1 aliphatic rings. The Hall–Kier alpha value is -2.56. The Labute approximate surface area is 141 Å². The van der Waals surface area contributed by atoms with E-state index in [1.807, 2.05) is 35.2 Å². The van der Waals surface area contributed by atoms with Gasteiger partial charge in [-0.25, -0.2) is 4.79 Å². The summed E-state index contributed by atoms with van der Waals surface area (Å²) in [5, 5.41) is 2.94. The number of hydrogen-bond acceptors (Lipinski definition) is 3. The Bertz CT molecular complexity index is 688. The fourth-order valence-electron chi connectivity index (χ4n) is 3.03. The highest BCUT2D eigenvalue weighted by Gasteiger charge is 2.17. The molecule has 0 spiro atoms. The summed E-state index contributed by atoms with van der Waals surface area (Å²) in [7, 11) is 0. The van der Waals surface area contributed by atoms with Crippen molar-refractivity contribution < 1.29 is 14.3 Å². The van der Waals surface area contributed by atoms with Crippen molar-refractivity contribution in [1.82, 2.24) is 9.88 Å². The van der Waals surface area contributed by atoms with Crippen LogP contribution in [0.1, 0.15) is 42.5 Å². The standard InChI is InChI=1S/C19H22N2O3/c22-18(20-16-8-2-1-3-9-16)14-24-19(23)15-7-6-10-17(13-15)21-11-4-5-12-21/h4-7,10-13,16H,1-3,8-9,14H2,(H,20,22). The number of ether oxygens (including phenoxy) is 1. The molecule has 24 heavy (non-hydrogen) atoms. The molecule has 1 aromatic carbocycles. The average molecular weight is 326 g/mol. The van der Waals surface area contributed by atoms with Gasteiger partial charge in [-0.1, -0.05) is 25.3 Å². The molecule has 1 heterocycles. The van der Waals surface area contributed by atoms with Crippen LogP contribution in [0.4, 0.5) is 0 Å². The van der Waals surface area contributed by atoms with Crippen molar-refractivity contribution in [2.75, 3.05) is 6.61 Å². The van der Waals surface area contributed by atoms with E-state index in [9.17, 15) is 9.59 Å². The van der Waals surface area contributed by atoms with Crippen LogP contribution in [0.15, 0.2) is 48.8 Å². The van der Waals surface area contributed by atoms with Crippen LogP contribution < -0.4 is 5.32 Å². The minimum atomic E-state index is -0.484. The number of rotatable bonds is 5. The first-order valence-corrected chi connectivity index (χ1v) is 8.42. The van der Waals surface area contributed by atoms with Crippen molar-refractivity contribution in [1.29, 1.82) is 0 Å². The predicted molar refractivity (Wildman–Crippen MR) is 91.1 cm³/mol. The molecular formula is C19H22N2O3. The smallest absolute Gasteiger partial charge is 0.338 e. The summed E-state index contributed by atoms with van der Waals surface area (Å²) in [6, 6.07) is 11.2. The van der Waals surface area contributed by atoms with Gasteiger partial charge in [-0.2, -0.15) is 0 Å². The number of benzene rings is 1. The maximum atomic E-state index is 12.2. The molecule has 0 saturated heterocycles. The molecule has 2 aromatic rings. The van der Waals surface area contributed by atoms with Crippen LogP contribution in [0.2, 0.25) is 0 Å². The summed E-state index contributed by atoms with van der Waals surface area (Å²) in [5.41, 5.74) is 1.31. The minimum absolute atomic E-state index is 0.224. The van der Waals surface area contributed by atoms with Crippen LogP contribution >= 0.6 is 0 Å². The SMILES string of the molecule is O=C(COC(=O)c1cccc(-n2cccc2)c1)NC1CCCCC1. The van der Waals surface area contributed by atoms with E-state index in [1.54, 1.807) is 18.2 Å². The molecule has 1 aromatic heterocycles. The molecule has 0 radical (unpaired) electrons. The largest absolute Gasteiger partial charge is 0.452 e. The first-order valence-electron chi connectivity index (χ1n) is 8.42. The molecule has 0 aliphatic heterocycles. The van der Waals surface area contributed by atoms with Crippen LogP contribution in [-0.2, 0) is 9.53 Å². The highest BCUT2D eigenvalue weighted by Crippen LogP contribution is 2.17. The lowest BCUT2D eigenvalue weighted by Crippen LogP contribution is -2.38. The normalized spacial score (nSPS) is 15.0. The summed E-state index contributed by atoms with van der Waals surface area (Å²) < 4.78 is 7.05. The van der Waals surface area contributed by atoms with Crippen LogP contribution in [0.3, 0.4) is 0 Å². The van der Waals surface area contributed by atoms with Gasteiger partial charge in [-0.3, -0.25) is 4.79 Å². The second kappa shape index (κ2) is 7.81. The number of esters is 1. The Morgan fingerprint density at radius 3 is 2.58 bits per heavy atom. The topological polar surface area (TPSA) is 60.3 Å². The van der Waals surface area contributed by atoms with Crippen molar-refractivity contribution in [3.63, 3.8) is 0 Å². The first-order chi connectivity index (χ1) is 11.7. The molecule has 3 rings (SSSR count). The lowest BCUT2D eigenvalue weighted by molar-refractivity contribution is -0.125. The molecule has 0 atom stereocenters. The zero-order chi connectivity index (χ0) is 16.8. The monoisotopic (exact) mass is 326 g/mol. The number of nitrogens with one attached hydrogen (secondary N) is 1. The number of hydrogen-bond donors (Lipinski definition) is 1. The number of amides is 1. The Balaban J connectivity index is 1.53. The molecule has 5 nitrogen and oxygen atoms in total. The third-order valence-corrected chi connectivity index (χ3v) is 4.29. The molecule has 0 bridgehead atoms. The summed E-state index contributed by atoms with van der Waals surface area (Å²) in [5.74, 6) is -0.709. The number of aromatic nitrogens is 1. The minimum Gasteiger partial charge on any atom is -0.452 e. The number of carbonyl (C=O) groups excluding carboxylic acids is 2. The van der Waals surface area contributed by atoms with Gasteiger partial charge >= 0.3 is 5.97 Å². The van der Waals surface area contributed by atoms with Crippen LogP contribution in [-0.4, -0.2) is 29.1 Å². The van der Waals surface area contributed by atoms with Gasteiger partial charge in [0.2, 0.25) is 0 Å². The highest BCUT2D eigenvalue weighted by molar-refractivity contribution is 5.91. The second-order valence-electron chi connectivity index (χ2n) is 6.12. The van der Waals surface area contributed by atoms with Gasteiger partial charge in [0.25, 0.3) is 5.91 Å². The molecule has 1 saturated carbocycles.